The Labute approximate surface area is 110 Å². The zero-order chi connectivity index (χ0) is 11.7. The van der Waals surface area contributed by atoms with Crippen LogP contribution in [0.5, 0.6) is 0 Å². The van der Waals surface area contributed by atoms with Crippen molar-refractivity contribution in [3.05, 3.63) is 30.0 Å². The van der Waals surface area contributed by atoms with Crippen molar-refractivity contribution in [1.82, 2.24) is 15.0 Å². The Morgan fingerprint density at radius 3 is 2.81 bits per heavy atom. The van der Waals surface area contributed by atoms with E-state index in [0.717, 1.165) is 22.8 Å². The first-order valence-electron chi connectivity index (χ1n) is 4.83. The van der Waals surface area contributed by atoms with E-state index in [4.69, 9.17) is 0 Å². The fourth-order valence-corrected chi connectivity index (χ4v) is 2.57. The first-order valence-corrected chi connectivity index (χ1v) is 6.79. The molecule has 0 atom stereocenters. The Bertz CT molecular complexity index is 576. The standard InChI is InChI=1S/C10H10IN3OS/c1-3-6-8(11)10(15)14-9(13-6)7-4-16-5(2)12-7/h4H,3H2,1-2H3,(H,13,14,15). The minimum atomic E-state index is -0.0897. The lowest BCUT2D eigenvalue weighted by Gasteiger charge is -2.02. The number of hydrogen-bond acceptors (Lipinski definition) is 4. The van der Waals surface area contributed by atoms with Crippen LogP contribution >= 0.6 is 33.9 Å². The zero-order valence-corrected chi connectivity index (χ0v) is 11.8. The molecule has 0 bridgehead atoms. The van der Waals surface area contributed by atoms with Gasteiger partial charge in [0.05, 0.1) is 14.3 Å². The summed E-state index contributed by atoms with van der Waals surface area (Å²) in [5, 5.41) is 2.87. The monoisotopic (exact) mass is 347 g/mol. The second kappa shape index (κ2) is 4.62. The van der Waals surface area contributed by atoms with Gasteiger partial charge in [0.1, 0.15) is 5.69 Å². The smallest absolute Gasteiger partial charge is 0.264 e. The summed E-state index contributed by atoms with van der Waals surface area (Å²) in [4.78, 5) is 23.1. The molecule has 16 heavy (non-hydrogen) atoms. The van der Waals surface area contributed by atoms with Gasteiger partial charge in [0.15, 0.2) is 5.82 Å². The number of aromatic nitrogens is 3. The van der Waals surface area contributed by atoms with Crippen LogP contribution in [0.2, 0.25) is 0 Å². The van der Waals surface area contributed by atoms with Crippen LogP contribution in [0.25, 0.3) is 11.5 Å². The van der Waals surface area contributed by atoms with Crippen LogP contribution in [-0.4, -0.2) is 15.0 Å². The number of nitrogens with zero attached hydrogens (tertiary/aromatic N) is 2. The average molecular weight is 347 g/mol. The van der Waals surface area contributed by atoms with Crippen LogP contribution in [0.3, 0.4) is 0 Å². The quantitative estimate of drug-likeness (QED) is 0.849. The zero-order valence-electron chi connectivity index (χ0n) is 8.87. The lowest BCUT2D eigenvalue weighted by molar-refractivity contribution is 0.963. The highest BCUT2D eigenvalue weighted by atomic mass is 127. The number of aromatic amines is 1. The van der Waals surface area contributed by atoms with Crippen molar-refractivity contribution in [3.8, 4) is 11.5 Å². The maximum atomic E-state index is 11.7. The van der Waals surface area contributed by atoms with E-state index in [1.165, 1.54) is 0 Å². The molecule has 2 aromatic heterocycles. The molecular formula is C10H10IN3OS. The molecule has 2 heterocycles. The lowest BCUT2D eigenvalue weighted by atomic mass is 10.3. The molecule has 0 saturated carbocycles. The molecule has 4 nitrogen and oxygen atoms in total. The molecule has 0 amide bonds. The van der Waals surface area contributed by atoms with E-state index in [2.05, 4.69) is 15.0 Å². The fourth-order valence-electron chi connectivity index (χ4n) is 1.33. The maximum absolute atomic E-state index is 11.7. The Morgan fingerprint density at radius 1 is 1.50 bits per heavy atom. The van der Waals surface area contributed by atoms with E-state index in [-0.39, 0.29) is 5.56 Å². The van der Waals surface area contributed by atoms with Gasteiger partial charge in [-0.05, 0) is 35.9 Å². The molecule has 1 N–H and O–H groups in total. The predicted molar refractivity (Wildman–Crippen MR) is 72.8 cm³/mol. The topological polar surface area (TPSA) is 58.6 Å². The van der Waals surface area contributed by atoms with Gasteiger partial charge in [-0.15, -0.1) is 11.3 Å². The van der Waals surface area contributed by atoms with Crippen LogP contribution in [0.1, 0.15) is 17.6 Å². The first kappa shape index (κ1) is 11.7. The number of nitrogens with one attached hydrogen (secondary N) is 1. The normalized spacial score (nSPS) is 10.7. The van der Waals surface area contributed by atoms with E-state index >= 15 is 0 Å². The van der Waals surface area contributed by atoms with Gasteiger partial charge in [0, 0.05) is 5.38 Å². The van der Waals surface area contributed by atoms with Gasteiger partial charge in [0.2, 0.25) is 0 Å². The molecule has 0 fully saturated rings. The third-order valence-electron chi connectivity index (χ3n) is 2.13. The molecule has 0 radical (unpaired) electrons. The molecule has 0 spiro atoms. The lowest BCUT2D eigenvalue weighted by Crippen LogP contribution is -2.16. The molecule has 0 aliphatic carbocycles. The maximum Gasteiger partial charge on any atom is 0.264 e. The molecule has 0 saturated heterocycles. The Morgan fingerprint density at radius 2 is 2.25 bits per heavy atom. The van der Waals surface area contributed by atoms with Crippen molar-refractivity contribution >= 4 is 33.9 Å². The van der Waals surface area contributed by atoms with Gasteiger partial charge in [0.25, 0.3) is 5.56 Å². The van der Waals surface area contributed by atoms with Crippen molar-refractivity contribution in [2.75, 3.05) is 0 Å². The van der Waals surface area contributed by atoms with E-state index in [0.29, 0.717) is 9.39 Å². The SMILES string of the molecule is CCc1nc(-c2csc(C)n2)[nH]c(=O)c1I. The van der Waals surface area contributed by atoms with Gasteiger partial charge in [-0.1, -0.05) is 6.92 Å². The molecule has 0 unspecified atom stereocenters. The largest absolute Gasteiger partial charge is 0.304 e. The molecule has 6 heteroatoms. The minimum Gasteiger partial charge on any atom is -0.304 e. The van der Waals surface area contributed by atoms with E-state index in [1.54, 1.807) is 11.3 Å². The highest BCUT2D eigenvalue weighted by molar-refractivity contribution is 14.1. The fraction of sp³-hybridized carbons (Fsp3) is 0.300. The number of hydrogen-bond donors (Lipinski definition) is 1. The first-order chi connectivity index (χ1) is 7.61. The van der Waals surface area contributed by atoms with Crippen LogP contribution in [0, 0.1) is 10.5 Å². The molecule has 84 valence electrons. The number of H-pyrrole nitrogens is 1. The van der Waals surface area contributed by atoms with Crippen molar-refractivity contribution in [2.45, 2.75) is 20.3 Å². The third-order valence-corrected chi connectivity index (χ3v) is 4.01. The van der Waals surface area contributed by atoms with Crippen LogP contribution in [-0.2, 0) is 6.42 Å². The second-order valence-electron chi connectivity index (χ2n) is 3.28. The van der Waals surface area contributed by atoms with Gasteiger partial charge in [-0.3, -0.25) is 4.79 Å². The van der Waals surface area contributed by atoms with Crippen molar-refractivity contribution in [2.24, 2.45) is 0 Å². The number of thiazole rings is 1. The summed E-state index contributed by atoms with van der Waals surface area (Å²) in [5.41, 5.74) is 1.48. The summed E-state index contributed by atoms with van der Waals surface area (Å²) in [6, 6.07) is 0. The van der Waals surface area contributed by atoms with Crippen LogP contribution < -0.4 is 5.56 Å². The van der Waals surface area contributed by atoms with Gasteiger partial charge < -0.3 is 4.98 Å². The summed E-state index contributed by atoms with van der Waals surface area (Å²) in [6.45, 7) is 3.92. The van der Waals surface area contributed by atoms with Crippen LogP contribution in [0.4, 0.5) is 0 Å². The van der Waals surface area contributed by atoms with Crippen molar-refractivity contribution in [1.29, 1.82) is 0 Å². The highest BCUT2D eigenvalue weighted by Crippen LogP contribution is 2.18. The Kier molecular flexibility index (Phi) is 3.38. The van der Waals surface area contributed by atoms with E-state index < -0.39 is 0 Å². The number of aryl methyl sites for hydroxylation is 2. The summed E-state index contributed by atoms with van der Waals surface area (Å²) in [5.74, 6) is 0.562. The van der Waals surface area contributed by atoms with E-state index in [9.17, 15) is 4.79 Å². The Balaban J connectivity index is 2.59. The molecule has 0 aliphatic rings. The van der Waals surface area contributed by atoms with Crippen LogP contribution in [0.15, 0.2) is 10.2 Å². The van der Waals surface area contributed by atoms with Gasteiger partial charge in [-0.2, -0.15) is 0 Å². The average Bonchev–Trinajstić information content (AvgIpc) is 2.69. The summed E-state index contributed by atoms with van der Waals surface area (Å²) < 4.78 is 0.663. The summed E-state index contributed by atoms with van der Waals surface area (Å²) in [7, 11) is 0. The van der Waals surface area contributed by atoms with Crippen molar-refractivity contribution < 1.29 is 0 Å². The third kappa shape index (κ3) is 2.17. The molecule has 0 aliphatic heterocycles. The van der Waals surface area contributed by atoms with Gasteiger partial charge >= 0.3 is 0 Å². The van der Waals surface area contributed by atoms with Gasteiger partial charge in [-0.25, -0.2) is 9.97 Å². The van der Waals surface area contributed by atoms with E-state index in [1.807, 2.05) is 41.8 Å². The van der Waals surface area contributed by atoms with Crippen molar-refractivity contribution in [3.63, 3.8) is 0 Å². The molecular weight excluding hydrogens is 337 g/mol. The number of rotatable bonds is 2. The summed E-state index contributed by atoms with van der Waals surface area (Å²) >= 11 is 3.57. The Hall–Kier alpha value is -0.760. The predicted octanol–water partition coefficient (Wildman–Crippen LogP) is 2.37. The summed E-state index contributed by atoms with van der Waals surface area (Å²) in [6.07, 6.45) is 0.748. The minimum absolute atomic E-state index is 0.0897. The highest BCUT2D eigenvalue weighted by Gasteiger charge is 2.10. The molecule has 2 rings (SSSR count). The molecule has 2 aromatic rings. The number of halogens is 1. The second-order valence-corrected chi connectivity index (χ2v) is 5.42. The molecule has 0 aromatic carbocycles.